The van der Waals surface area contributed by atoms with Crippen LogP contribution in [0.1, 0.15) is 37.4 Å². The van der Waals surface area contributed by atoms with E-state index >= 15 is 0 Å². The third-order valence-corrected chi connectivity index (χ3v) is 5.24. The van der Waals surface area contributed by atoms with Gasteiger partial charge in [-0.05, 0) is 62.1 Å². The SMILES string of the molecule is COc1ccc(-n2nc(OC3CCCC3)nc2C2C=CC=C(OCCN)C=C2)cc1. The molecule has 1 atom stereocenters. The quantitative estimate of drug-likeness (QED) is 0.717. The van der Waals surface area contributed by atoms with Crippen molar-refractivity contribution in [3.8, 4) is 17.4 Å². The highest BCUT2D eigenvalue weighted by Gasteiger charge is 2.23. The summed E-state index contributed by atoms with van der Waals surface area (Å²) < 4.78 is 18.9. The first-order chi connectivity index (χ1) is 14.8. The second kappa shape index (κ2) is 9.63. The smallest absolute Gasteiger partial charge is 0.336 e. The molecule has 0 aliphatic heterocycles. The maximum Gasteiger partial charge on any atom is 0.336 e. The summed E-state index contributed by atoms with van der Waals surface area (Å²) in [5, 5.41) is 4.68. The van der Waals surface area contributed by atoms with E-state index in [4.69, 9.17) is 24.9 Å². The fraction of sp³-hybridized carbons (Fsp3) is 0.391. The normalized spacial score (nSPS) is 18.9. The van der Waals surface area contributed by atoms with E-state index in [0.717, 1.165) is 35.9 Å². The maximum atomic E-state index is 6.09. The van der Waals surface area contributed by atoms with E-state index in [1.807, 2.05) is 47.2 Å². The van der Waals surface area contributed by atoms with Gasteiger partial charge in [-0.3, -0.25) is 0 Å². The van der Waals surface area contributed by atoms with E-state index in [0.29, 0.717) is 19.2 Å². The molecule has 1 unspecified atom stereocenters. The van der Waals surface area contributed by atoms with Crippen molar-refractivity contribution in [1.29, 1.82) is 0 Å². The number of ether oxygens (including phenoxy) is 3. The van der Waals surface area contributed by atoms with Crippen LogP contribution in [0.15, 0.2) is 60.4 Å². The Labute approximate surface area is 176 Å². The van der Waals surface area contributed by atoms with Crippen molar-refractivity contribution in [3.05, 3.63) is 66.2 Å². The molecule has 1 aromatic carbocycles. The second-order valence-corrected chi connectivity index (χ2v) is 7.36. The Morgan fingerprint density at radius 1 is 1.13 bits per heavy atom. The van der Waals surface area contributed by atoms with Crippen LogP contribution in [-0.2, 0) is 4.74 Å². The van der Waals surface area contributed by atoms with Crippen LogP contribution in [0.2, 0.25) is 0 Å². The van der Waals surface area contributed by atoms with Crippen LogP contribution in [0.3, 0.4) is 0 Å². The monoisotopic (exact) mass is 408 g/mol. The third kappa shape index (κ3) is 4.74. The van der Waals surface area contributed by atoms with Crippen LogP contribution in [0, 0.1) is 0 Å². The summed E-state index contributed by atoms with van der Waals surface area (Å²) in [7, 11) is 1.65. The van der Waals surface area contributed by atoms with Gasteiger partial charge in [-0.25, -0.2) is 4.68 Å². The minimum absolute atomic E-state index is 0.0734. The van der Waals surface area contributed by atoms with Gasteiger partial charge in [0.15, 0.2) is 0 Å². The van der Waals surface area contributed by atoms with Crippen molar-refractivity contribution >= 4 is 0 Å². The van der Waals surface area contributed by atoms with Gasteiger partial charge in [0, 0.05) is 6.54 Å². The number of nitrogens with two attached hydrogens (primary N) is 1. The molecule has 0 radical (unpaired) electrons. The number of allylic oxidation sites excluding steroid dienone is 5. The number of methoxy groups -OCH3 is 1. The average molecular weight is 409 g/mol. The first-order valence-corrected chi connectivity index (χ1v) is 10.4. The van der Waals surface area contributed by atoms with Gasteiger partial charge in [0.2, 0.25) is 0 Å². The van der Waals surface area contributed by atoms with E-state index in [-0.39, 0.29) is 12.0 Å². The lowest BCUT2D eigenvalue weighted by Gasteiger charge is -2.10. The average Bonchev–Trinajstić information content (AvgIpc) is 3.38. The lowest BCUT2D eigenvalue weighted by molar-refractivity contribution is 0.192. The molecule has 2 N–H and O–H groups in total. The molecule has 0 spiro atoms. The largest absolute Gasteiger partial charge is 0.497 e. The Morgan fingerprint density at radius 2 is 1.93 bits per heavy atom. The number of rotatable bonds is 8. The standard InChI is InChI=1S/C23H28N4O3/c1-28-19-13-10-18(11-14-19)27-22(25-23(26-27)30-21-6-2-3-7-21)17-5-4-8-20(12-9-17)29-16-15-24/h4-5,8-14,17,21H,2-3,6-7,15-16,24H2,1H3. The van der Waals surface area contributed by atoms with Gasteiger partial charge < -0.3 is 19.9 Å². The van der Waals surface area contributed by atoms with Crippen molar-refractivity contribution in [1.82, 2.24) is 14.8 Å². The van der Waals surface area contributed by atoms with Gasteiger partial charge in [-0.15, -0.1) is 5.10 Å². The Morgan fingerprint density at radius 3 is 2.67 bits per heavy atom. The number of hydrogen-bond acceptors (Lipinski definition) is 6. The molecule has 2 aliphatic carbocycles. The predicted molar refractivity (Wildman–Crippen MR) is 115 cm³/mol. The summed E-state index contributed by atoms with van der Waals surface area (Å²) in [5.74, 6) is 2.28. The molecular formula is C23H28N4O3. The van der Waals surface area contributed by atoms with E-state index < -0.39 is 0 Å². The second-order valence-electron chi connectivity index (χ2n) is 7.36. The molecule has 1 heterocycles. The molecule has 0 amide bonds. The van der Waals surface area contributed by atoms with Crippen molar-refractivity contribution < 1.29 is 14.2 Å². The summed E-state index contributed by atoms with van der Waals surface area (Å²) in [6.45, 7) is 0.960. The topological polar surface area (TPSA) is 84.4 Å². The van der Waals surface area contributed by atoms with Crippen LogP contribution >= 0.6 is 0 Å². The highest BCUT2D eigenvalue weighted by atomic mass is 16.5. The molecule has 2 aliphatic rings. The summed E-state index contributed by atoms with van der Waals surface area (Å²) in [5.41, 5.74) is 6.44. The van der Waals surface area contributed by atoms with Crippen LogP contribution in [0.25, 0.3) is 5.69 Å². The molecule has 1 aromatic heterocycles. The lowest BCUT2D eigenvalue weighted by atomic mass is 10.1. The number of hydrogen-bond donors (Lipinski definition) is 1. The number of benzene rings is 1. The molecule has 1 fully saturated rings. The van der Waals surface area contributed by atoms with Crippen LogP contribution < -0.4 is 15.2 Å². The summed E-state index contributed by atoms with van der Waals surface area (Å²) in [4.78, 5) is 4.76. The van der Waals surface area contributed by atoms with Gasteiger partial charge in [0.25, 0.3) is 0 Å². The van der Waals surface area contributed by atoms with Gasteiger partial charge in [0.05, 0.1) is 18.7 Å². The van der Waals surface area contributed by atoms with Gasteiger partial charge in [-0.2, -0.15) is 4.98 Å². The highest BCUT2D eigenvalue weighted by Crippen LogP contribution is 2.28. The third-order valence-electron chi connectivity index (χ3n) is 5.24. The number of aromatic nitrogens is 3. The zero-order chi connectivity index (χ0) is 20.8. The molecule has 2 aromatic rings. The highest BCUT2D eigenvalue weighted by molar-refractivity contribution is 5.40. The Kier molecular flexibility index (Phi) is 6.49. The minimum Gasteiger partial charge on any atom is -0.497 e. The molecule has 0 bridgehead atoms. The van der Waals surface area contributed by atoms with Crippen LogP contribution in [0.5, 0.6) is 11.8 Å². The van der Waals surface area contributed by atoms with Crippen LogP contribution in [-0.4, -0.2) is 41.1 Å². The van der Waals surface area contributed by atoms with E-state index in [1.54, 1.807) is 7.11 Å². The summed E-state index contributed by atoms with van der Waals surface area (Å²) >= 11 is 0. The molecule has 0 saturated heterocycles. The zero-order valence-corrected chi connectivity index (χ0v) is 17.2. The molecule has 1 saturated carbocycles. The maximum absolute atomic E-state index is 6.09. The van der Waals surface area contributed by atoms with Gasteiger partial charge in [-0.1, -0.05) is 18.2 Å². The molecular weight excluding hydrogens is 380 g/mol. The first kappa shape index (κ1) is 20.2. The molecule has 7 heteroatoms. The van der Waals surface area contributed by atoms with Crippen molar-refractivity contribution in [3.63, 3.8) is 0 Å². The van der Waals surface area contributed by atoms with Crippen molar-refractivity contribution in [2.75, 3.05) is 20.3 Å². The van der Waals surface area contributed by atoms with E-state index in [2.05, 4.69) is 17.3 Å². The molecule has 30 heavy (non-hydrogen) atoms. The number of nitrogens with zero attached hydrogens (tertiary/aromatic N) is 3. The fourth-order valence-corrected chi connectivity index (χ4v) is 3.67. The molecule has 158 valence electrons. The minimum atomic E-state index is -0.0734. The predicted octanol–water partition coefficient (Wildman–Crippen LogP) is 3.67. The van der Waals surface area contributed by atoms with E-state index in [1.165, 1.54) is 12.8 Å². The van der Waals surface area contributed by atoms with Crippen molar-refractivity contribution in [2.24, 2.45) is 5.73 Å². The van der Waals surface area contributed by atoms with Gasteiger partial charge >= 0.3 is 6.01 Å². The Bertz CT molecular complexity index is 924. The first-order valence-electron chi connectivity index (χ1n) is 10.4. The van der Waals surface area contributed by atoms with E-state index in [9.17, 15) is 0 Å². The zero-order valence-electron chi connectivity index (χ0n) is 17.2. The van der Waals surface area contributed by atoms with Crippen molar-refractivity contribution in [2.45, 2.75) is 37.7 Å². The van der Waals surface area contributed by atoms with Crippen LogP contribution in [0.4, 0.5) is 0 Å². The summed E-state index contributed by atoms with van der Waals surface area (Å²) in [6.07, 6.45) is 14.7. The molecule has 4 rings (SSSR count). The fourth-order valence-electron chi connectivity index (χ4n) is 3.67. The Hall–Kier alpha value is -3.06. The summed E-state index contributed by atoms with van der Waals surface area (Å²) in [6, 6.07) is 8.18. The van der Waals surface area contributed by atoms with Gasteiger partial charge in [0.1, 0.15) is 30.0 Å². The molecule has 7 nitrogen and oxygen atoms in total. The Balaban J connectivity index is 1.63. The lowest BCUT2D eigenvalue weighted by Crippen LogP contribution is -2.12.